The molecule has 3 aromatic heterocycles. The smallest absolute Gasteiger partial charge is 0.267 e. The van der Waals surface area contributed by atoms with Crippen molar-refractivity contribution in [1.29, 1.82) is 0 Å². The number of hydrogen-bond acceptors (Lipinski definition) is 6. The minimum atomic E-state index is -0.118. The van der Waals surface area contributed by atoms with Crippen molar-refractivity contribution in [2.45, 2.75) is 44.6 Å². The molecule has 3 aliphatic rings. The predicted molar refractivity (Wildman–Crippen MR) is 128 cm³/mol. The number of likely N-dealkylation sites (tertiary alicyclic amines) is 1. The Bertz CT molecular complexity index is 1230. The molecule has 3 aromatic rings. The maximum atomic E-state index is 12.8. The van der Waals surface area contributed by atoms with E-state index < -0.39 is 0 Å². The van der Waals surface area contributed by atoms with Crippen LogP contribution in [0.5, 0.6) is 0 Å². The second kappa shape index (κ2) is 8.38. The van der Waals surface area contributed by atoms with Gasteiger partial charge in [0.25, 0.3) is 11.8 Å². The summed E-state index contributed by atoms with van der Waals surface area (Å²) in [6, 6.07) is 5.72. The maximum absolute atomic E-state index is 12.8. The van der Waals surface area contributed by atoms with Gasteiger partial charge in [-0.25, -0.2) is 9.97 Å². The summed E-state index contributed by atoms with van der Waals surface area (Å²) in [5.74, 6) is 2.31. The number of carbonyl (C=O) groups is 2. The first kappa shape index (κ1) is 21.1. The topological polar surface area (TPSA) is 105 Å². The van der Waals surface area contributed by atoms with Crippen molar-refractivity contribution in [1.82, 2.24) is 29.7 Å². The van der Waals surface area contributed by atoms with E-state index in [1.807, 2.05) is 11.0 Å². The van der Waals surface area contributed by atoms with Crippen LogP contribution in [-0.2, 0) is 0 Å². The van der Waals surface area contributed by atoms with Gasteiger partial charge in [-0.05, 0) is 55.7 Å². The van der Waals surface area contributed by atoms with Gasteiger partial charge in [0, 0.05) is 44.0 Å². The molecule has 3 fully saturated rings. The van der Waals surface area contributed by atoms with Gasteiger partial charge < -0.3 is 20.1 Å². The summed E-state index contributed by atoms with van der Waals surface area (Å²) in [5.41, 5.74) is 1.97. The summed E-state index contributed by atoms with van der Waals surface area (Å²) >= 11 is 0. The molecule has 1 aliphatic heterocycles. The van der Waals surface area contributed by atoms with Gasteiger partial charge in [0.05, 0.1) is 5.56 Å². The SMILES string of the molecule is CNC(=O)c1cc2cnc(Nc3ccc(C(=O)N4CC5CCC5C4)cn3)nc2n1C1CCCC1. The molecule has 1 saturated heterocycles. The largest absolute Gasteiger partial charge is 0.354 e. The molecule has 2 aliphatic carbocycles. The molecule has 0 radical (unpaired) electrons. The molecular weight excluding hydrogens is 430 g/mol. The Morgan fingerprint density at radius 3 is 2.41 bits per heavy atom. The molecule has 2 amide bonds. The summed E-state index contributed by atoms with van der Waals surface area (Å²) in [5, 5.41) is 6.73. The predicted octanol–water partition coefficient (Wildman–Crippen LogP) is 3.53. The van der Waals surface area contributed by atoms with Gasteiger partial charge >= 0.3 is 0 Å². The van der Waals surface area contributed by atoms with E-state index in [0.717, 1.165) is 49.8 Å². The molecule has 9 nitrogen and oxygen atoms in total. The maximum Gasteiger partial charge on any atom is 0.267 e. The molecule has 4 heterocycles. The fourth-order valence-corrected chi connectivity index (χ4v) is 5.72. The first-order chi connectivity index (χ1) is 16.6. The van der Waals surface area contributed by atoms with Gasteiger partial charge in [-0.2, -0.15) is 4.98 Å². The number of amides is 2. The Labute approximate surface area is 198 Å². The second-order valence-corrected chi connectivity index (χ2v) is 9.75. The zero-order chi connectivity index (χ0) is 23.2. The lowest BCUT2D eigenvalue weighted by atomic mass is 9.77. The van der Waals surface area contributed by atoms with Crippen molar-refractivity contribution in [2.24, 2.45) is 11.8 Å². The third kappa shape index (κ3) is 3.59. The van der Waals surface area contributed by atoms with Gasteiger partial charge in [-0.3, -0.25) is 9.59 Å². The number of anilines is 2. The quantitative estimate of drug-likeness (QED) is 0.605. The number of rotatable bonds is 5. The van der Waals surface area contributed by atoms with Gasteiger partial charge in [0.1, 0.15) is 17.2 Å². The molecule has 2 atom stereocenters. The van der Waals surface area contributed by atoms with Crippen LogP contribution in [0, 0.1) is 11.8 Å². The monoisotopic (exact) mass is 459 g/mol. The van der Waals surface area contributed by atoms with Crippen molar-refractivity contribution in [3.05, 3.63) is 41.9 Å². The fourth-order valence-electron chi connectivity index (χ4n) is 5.72. The first-order valence-electron chi connectivity index (χ1n) is 12.2. The average molecular weight is 460 g/mol. The summed E-state index contributed by atoms with van der Waals surface area (Å²) in [4.78, 5) is 40.9. The van der Waals surface area contributed by atoms with Crippen LogP contribution in [0.2, 0.25) is 0 Å². The summed E-state index contributed by atoms with van der Waals surface area (Å²) in [6.07, 6.45) is 10.2. The van der Waals surface area contributed by atoms with Crippen LogP contribution >= 0.6 is 0 Å². The third-order valence-corrected chi connectivity index (χ3v) is 7.75. The van der Waals surface area contributed by atoms with Gasteiger partial charge in [-0.1, -0.05) is 12.8 Å². The second-order valence-electron chi connectivity index (χ2n) is 9.75. The molecule has 6 rings (SSSR count). The number of pyridine rings is 1. The molecule has 0 spiro atoms. The normalized spacial score (nSPS) is 22.0. The number of nitrogens with zero attached hydrogens (tertiary/aromatic N) is 5. The van der Waals surface area contributed by atoms with Crippen LogP contribution in [0.15, 0.2) is 30.6 Å². The van der Waals surface area contributed by atoms with Gasteiger partial charge in [0.2, 0.25) is 5.95 Å². The lowest BCUT2D eigenvalue weighted by Crippen LogP contribution is -2.28. The van der Waals surface area contributed by atoms with Crippen molar-refractivity contribution in [3.63, 3.8) is 0 Å². The highest BCUT2D eigenvalue weighted by molar-refractivity contribution is 5.98. The lowest BCUT2D eigenvalue weighted by molar-refractivity contribution is 0.0786. The third-order valence-electron chi connectivity index (χ3n) is 7.75. The molecular formula is C25H29N7O2. The van der Waals surface area contributed by atoms with E-state index in [1.165, 1.54) is 12.8 Å². The highest BCUT2D eigenvalue weighted by Crippen LogP contribution is 2.40. The van der Waals surface area contributed by atoms with Crippen molar-refractivity contribution in [3.8, 4) is 0 Å². The molecule has 0 bridgehead atoms. The Morgan fingerprint density at radius 2 is 1.76 bits per heavy atom. The van der Waals surface area contributed by atoms with E-state index in [9.17, 15) is 9.59 Å². The molecule has 176 valence electrons. The number of aromatic nitrogens is 4. The van der Waals surface area contributed by atoms with Crippen LogP contribution < -0.4 is 10.6 Å². The molecule has 34 heavy (non-hydrogen) atoms. The minimum Gasteiger partial charge on any atom is -0.354 e. The minimum absolute atomic E-state index is 0.0576. The van der Waals surface area contributed by atoms with E-state index >= 15 is 0 Å². The van der Waals surface area contributed by atoms with Crippen molar-refractivity contribution >= 4 is 34.6 Å². The van der Waals surface area contributed by atoms with Crippen molar-refractivity contribution < 1.29 is 9.59 Å². The van der Waals surface area contributed by atoms with Crippen LogP contribution in [0.4, 0.5) is 11.8 Å². The standard InChI is InChI=1S/C25H29N7O2/c1-26-23(33)20-10-18-12-28-25(30-22(18)32(20)19-4-2-3-5-19)29-21-9-8-15(11-27-21)24(34)31-13-16-6-7-17(16)14-31/h8-12,16-17,19H,2-7,13-14H2,1H3,(H,26,33)(H,27,28,29,30). The molecule has 9 heteroatoms. The number of nitrogens with one attached hydrogen (secondary N) is 2. The van der Waals surface area contributed by atoms with E-state index in [1.54, 1.807) is 31.6 Å². The first-order valence-corrected chi connectivity index (χ1v) is 12.2. The zero-order valence-corrected chi connectivity index (χ0v) is 19.3. The summed E-state index contributed by atoms with van der Waals surface area (Å²) in [6.45, 7) is 1.74. The number of carbonyl (C=O) groups excluding carboxylic acids is 2. The molecule has 2 unspecified atom stereocenters. The Hall–Kier alpha value is -3.49. The van der Waals surface area contributed by atoms with Crippen LogP contribution in [0.25, 0.3) is 11.0 Å². The van der Waals surface area contributed by atoms with Crippen LogP contribution in [-0.4, -0.2) is 56.4 Å². The van der Waals surface area contributed by atoms with E-state index in [0.29, 0.717) is 34.9 Å². The Balaban J connectivity index is 1.23. The van der Waals surface area contributed by atoms with Gasteiger partial charge in [0.15, 0.2) is 0 Å². The average Bonchev–Trinajstić information content (AvgIpc) is 3.56. The fraction of sp³-hybridized carbons (Fsp3) is 0.480. The highest BCUT2D eigenvalue weighted by atomic mass is 16.2. The lowest BCUT2D eigenvalue weighted by Gasteiger charge is -2.27. The van der Waals surface area contributed by atoms with Gasteiger partial charge in [-0.15, -0.1) is 0 Å². The van der Waals surface area contributed by atoms with E-state index in [4.69, 9.17) is 4.98 Å². The molecule has 2 N–H and O–H groups in total. The number of hydrogen-bond donors (Lipinski definition) is 2. The van der Waals surface area contributed by atoms with E-state index in [2.05, 4.69) is 25.2 Å². The Morgan fingerprint density at radius 1 is 1.00 bits per heavy atom. The van der Waals surface area contributed by atoms with Crippen LogP contribution in [0.3, 0.4) is 0 Å². The number of fused-ring (bicyclic) bond motifs is 2. The molecule has 0 aromatic carbocycles. The van der Waals surface area contributed by atoms with Crippen LogP contribution in [0.1, 0.15) is 65.4 Å². The highest BCUT2D eigenvalue weighted by Gasteiger charge is 2.41. The summed E-state index contributed by atoms with van der Waals surface area (Å²) < 4.78 is 2.06. The van der Waals surface area contributed by atoms with Crippen molar-refractivity contribution in [2.75, 3.05) is 25.5 Å². The van der Waals surface area contributed by atoms with E-state index in [-0.39, 0.29) is 17.9 Å². The summed E-state index contributed by atoms with van der Waals surface area (Å²) in [7, 11) is 1.64. The Kier molecular flexibility index (Phi) is 5.19. The molecule has 2 saturated carbocycles. The zero-order valence-electron chi connectivity index (χ0n) is 19.3.